The van der Waals surface area contributed by atoms with Crippen LogP contribution in [0.25, 0.3) is 0 Å². The maximum atomic E-state index is 13.2. The Kier molecular flexibility index (Phi) is 2.11. The minimum atomic E-state index is -0.889. The highest BCUT2D eigenvalue weighted by atomic mass is 19.1. The number of carboxylic acid groups (broad SMARTS) is 1. The number of carbonyl (C=O) groups is 1. The predicted octanol–water partition coefficient (Wildman–Crippen LogP) is 1.64. The van der Waals surface area contributed by atoms with Crippen molar-refractivity contribution in [2.24, 2.45) is 0 Å². The molecule has 3 nitrogen and oxygen atoms in total. The van der Waals surface area contributed by atoms with Crippen molar-refractivity contribution in [3.05, 3.63) is 29.6 Å². The summed E-state index contributed by atoms with van der Waals surface area (Å²) in [6.07, 6.45) is 0.912. The molecule has 0 spiro atoms. The van der Waals surface area contributed by atoms with Crippen molar-refractivity contribution in [3.63, 3.8) is 0 Å². The zero-order chi connectivity index (χ0) is 10.1. The van der Waals surface area contributed by atoms with Gasteiger partial charge in [0.2, 0.25) is 0 Å². The summed E-state index contributed by atoms with van der Waals surface area (Å²) >= 11 is 0. The summed E-state index contributed by atoms with van der Waals surface area (Å²) in [5.74, 6) is -1.15. The molecule has 1 aromatic rings. The molecule has 2 rings (SSSR count). The number of aliphatic carboxylic acids is 1. The molecule has 0 radical (unpaired) electrons. The van der Waals surface area contributed by atoms with Crippen LogP contribution in [0.4, 0.5) is 10.1 Å². The van der Waals surface area contributed by atoms with Gasteiger partial charge in [-0.1, -0.05) is 6.07 Å². The zero-order valence-corrected chi connectivity index (χ0v) is 7.46. The van der Waals surface area contributed by atoms with E-state index in [2.05, 4.69) is 5.32 Å². The molecular formula is C10H10FNO2. The Labute approximate surface area is 80.6 Å². The van der Waals surface area contributed by atoms with Crippen LogP contribution in [0.3, 0.4) is 0 Å². The number of benzene rings is 1. The Morgan fingerprint density at radius 3 is 3.07 bits per heavy atom. The summed E-state index contributed by atoms with van der Waals surface area (Å²) in [5, 5.41) is 11.6. The van der Waals surface area contributed by atoms with E-state index in [-0.39, 0.29) is 5.82 Å². The van der Waals surface area contributed by atoms with E-state index in [0.29, 0.717) is 24.1 Å². The number of hydrogen-bond donors (Lipinski definition) is 2. The van der Waals surface area contributed by atoms with E-state index in [1.165, 1.54) is 6.07 Å². The van der Waals surface area contributed by atoms with E-state index in [0.717, 1.165) is 0 Å². The maximum Gasteiger partial charge on any atom is 0.326 e. The van der Waals surface area contributed by atoms with Crippen LogP contribution >= 0.6 is 0 Å². The Bertz CT molecular complexity index is 378. The molecule has 1 aromatic carbocycles. The summed E-state index contributed by atoms with van der Waals surface area (Å²) in [7, 11) is 0. The van der Waals surface area contributed by atoms with Crippen LogP contribution < -0.4 is 5.32 Å². The first kappa shape index (κ1) is 8.99. The molecule has 14 heavy (non-hydrogen) atoms. The first-order valence-electron chi connectivity index (χ1n) is 4.45. The van der Waals surface area contributed by atoms with Gasteiger partial charge in [-0.2, -0.15) is 0 Å². The van der Waals surface area contributed by atoms with E-state index >= 15 is 0 Å². The second-order valence-electron chi connectivity index (χ2n) is 3.34. The van der Waals surface area contributed by atoms with Crippen molar-refractivity contribution < 1.29 is 14.3 Å². The lowest BCUT2D eigenvalue weighted by atomic mass is 9.98. The smallest absolute Gasteiger partial charge is 0.326 e. The number of hydrogen-bond acceptors (Lipinski definition) is 2. The number of rotatable bonds is 1. The normalized spacial score (nSPS) is 19.6. The largest absolute Gasteiger partial charge is 0.480 e. The van der Waals surface area contributed by atoms with Crippen molar-refractivity contribution in [1.29, 1.82) is 0 Å². The van der Waals surface area contributed by atoms with Gasteiger partial charge in [-0.25, -0.2) is 9.18 Å². The molecule has 0 bridgehead atoms. The third-order valence-electron chi connectivity index (χ3n) is 2.43. The lowest BCUT2D eigenvalue weighted by Crippen LogP contribution is -2.33. The van der Waals surface area contributed by atoms with E-state index in [4.69, 9.17) is 5.11 Å². The van der Waals surface area contributed by atoms with Crippen molar-refractivity contribution in [1.82, 2.24) is 0 Å². The van der Waals surface area contributed by atoms with Crippen molar-refractivity contribution in [2.75, 3.05) is 5.32 Å². The lowest BCUT2D eigenvalue weighted by Gasteiger charge is -2.24. The van der Waals surface area contributed by atoms with Gasteiger partial charge in [0.15, 0.2) is 0 Å². The van der Waals surface area contributed by atoms with Crippen molar-refractivity contribution in [3.8, 4) is 0 Å². The molecule has 0 amide bonds. The SMILES string of the molecule is O=C(O)C1CCc2c(F)cccc2N1. The molecule has 74 valence electrons. The van der Waals surface area contributed by atoms with E-state index in [1.807, 2.05) is 0 Å². The van der Waals surface area contributed by atoms with Crippen LogP contribution in [0, 0.1) is 5.82 Å². The fraction of sp³-hybridized carbons (Fsp3) is 0.300. The minimum absolute atomic E-state index is 0.265. The van der Waals surface area contributed by atoms with Crippen LogP contribution in [-0.2, 0) is 11.2 Å². The van der Waals surface area contributed by atoms with Crippen LogP contribution in [0.2, 0.25) is 0 Å². The van der Waals surface area contributed by atoms with Crippen molar-refractivity contribution in [2.45, 2.75) is 18.9 Å². The van der Waals surface area contributed by atoms with Gasteiger partial charge in [-0.3, -0.25) is 0 Å². The van der Waals surface area contributed by atoms with Gasteiger partial charge in [0.1, 0.15) is 11.9 Å². The van der Waals surface area contributed by atoms with E-state index in [9.17, 15) is 9.18 Å². The molecule has 1 atom stereocenters. The summed E-state index contributed by atoms with van der Waals surface area (Å²) in [5.41, 5.74) is 1.19. The Morgan fingerprint density at radius 2 is 2.36 bits per heavy atom. The molecule has 1 heterocycles. The Hall–Kier alpha value is -1.58. The number of fused-ring (bicyclic) bond motifs is 1. The highest BCUT2D eigenvalue weighted by Gasteiger charge is 2.24. The predicted molar refractivity (Wildman–Crippen MR) is 49.8 cm³/mol. The first-order chi connectivity index (χ1) is 6.68. The molecular weight excluding hydrogens is 185 g/mol. The highest BCUT2D eigenvalue weighted by Crippen LogP contribution is 2.26. The second kappa shape index (κ2) is 3.29. The third kappa shape index (κ3) is 1.43. The Balaban J connectivity index is 2.31. The third-order valence-corrected chi connectivity index (χ3v) is 2.43. The van der Waals surface area contributed by atoms with Gasteiger partial charge in [-0.15, -0.1) is 0 Å². The summed E-state index contributed by atoms with van der Waals surface area (Å²) in [4.78, 5) is 10.7. The topological polar surface area (TPSA) is 49.3 Å². The minimum Gasteiger partial charge on any atom is -0.480 e. The lowest BCUT2D eigenvalue weighted by molar-refractivity contribution is -0.138. The zero-order valence-electron chi connectivity index (χ0n) is 7.46. The van der Waals surface area contributed by atoms with Gasteiger partial charge in [0, 0.05) is 11.3 Å². The number of anilines is 1. The van der Waals surface area contributed by atoms with Crippen molar-refractivity contribution >= 4 is 11.7 Å². The molecule has 4 heteroatoms. The Morgan fingerprint density at radius 1 is 1.57 bits per heavy atom. The number of nitrogens with one attached hydrogen (secondary N) is 1. The highest BCUT2D eigenvalue weighted by molar-refractivity contribution is 5.78. The van der Waals surface area contributed by atoms with Gasteiger partial charge in [-0.05, 0) is 25.0 Å². The van der Waals surface area contributed by atoms with Crippen LogP contribution in [0.15, 0.2) is 18.2 Å². The number of carboxylic acids is 1. The first-order valence-corrected chi connectivity index (χ1v) is 4.45. The molecule has 0 aromatic heterocycles. The average Bonchev–Trinajstić information content (AvgIpc) is 2.17. The maximum absolute atomic E-state index is 13.2. The quantitative estimate of drug-likeness (QED) is 0.716. The summed E-state index contributed by atoms with van der Waals surface area (Å²) in [6.45, 7) is 0. The van der Waals surface area contributed by atoms with Crippen LogP contribution in [-0.4, -0.2) is 17.1 Å². The molecule has 1 aliphatic heterocycles. The monoisotopic (exact) mass is 195 g/mol. The summed E-state index contributed by atoms with van der Waals surface area (Å²) < 4.78 is 13.2. The van der Waals surface area contributed by atoms with Crippen LogP contribution in [0.1, 0.15) is 12.0 Å². The molecule has 2 N–H and O–H groups in total. The van der Waals surface area contributed by atoms with Gasteiger partial charge in [0.25, 0.3) is 0 Å². The molecule has 1 aliphatic rings. The number of halogens is 1. The van der Waals surface area contributed by atoms with Gasteiger partial charge >= 0.3 is 5.97 Å². The molecule has 1 unspecified atom stereocenters. The molecule has 0 fully saturated rings. The standard InChI is InChI=1S/C10H10FNO2/c11-7-2-1-3-8-6(7)4-5-9(12-8)10(13)14/h1-3,9,12H,4-5H2,(H,13,14). The van der Waals surface area contributed by atoms with Crippen LogP contribution in [0.5, 0.6) is 0 Å². The van der Waals surface area contributed by atoms with Gasteiger partial charge < -0.3 is 10.4 Å². The summed E-state index contributed by atoms with van der Waals surface area (Å²) in [6, 6.07) is 4.07. The molecule has 0 saturated carbocycles. The average molecular weight is 195 g/mol. The second-order valence-corrected chi connectivity index (χ2v) is 3.34. The van der Waals surface area contributed by atoms with E-state index < -0.39 is 12.0 Å². The van der Waals surface area contributed by atoms with Gasteiger partial charge in [0.05, 0.1) is 0 Å². The fourth-order valence-corrected chi connectivity index (χ4v) is 1.68. The molecule has 0 saturated heterocycles. The molecule has 0 aliphatic carbocycles. The van der Waals surface area contributed by atoms with E-state index in [1.54, 1.807) is 12.1 Å². The fourth-order valence-electron chi connectivity index (χ4n) is 1.68.